The zero-order valence-electron chi connectivity index (χ0n) is 26.9. The number of aliphatic hydroxyl groups excluding tert-OH is 1. The molecule has 1 rings (SSSR count). The molecular formula is C33H71N5O. The van der Waals surface area contributed by atoms with Gasteiger partial charge in [0.25, 0.3) is 0 Å². The Morgan fingerprint density at radius 1 is 0.615 bits per heavy atom. The van der Waals surface area contributed by atoms with Crippen molar-refractivity contribution < 1.29 is 5.11 Å². The molecule has 0 aromatic carbocycles. The molecule has 0 spiro atoms. The van der Waals surface area contributed by atoms with Crippen molar-refractivity contribution in [1.82, 2.24) is 25.3 Å². The van der Waals surface area contributed by atoms with E-state index in [0.717, 1.165) is 45.7 Å². The summed E-state index contributed by atoms with van der Waals surface area (Å²) >= 11 is 0. The lowest BCUT2D eigenvalue weighted by atomic mass is 10.1. The number of nitrogens with zero attached hydrogens (tertiary/aromatic N) is 3. The zero-order valence-corrected chi connectivity index (χ0v) is 26.9. The Morgan fingerprint density at radius 2 is 1.13 bits per heavy atom. The summed E-state index contributed by atoms with van der Waals surface area (Å²) in [6.07, 6.45) is 22.6. The molecule has 6 nitrogen and oxygen atoms in total. The van der Waals surface area contributed by atoms with E-state index in [0.29, 0.717) is 0 Å². The Kier molecular flexibility index (Phi) is 26.3. The summed E-state index contributed by atoms with van der Waals surface area (Å²) in [7, 11) is 2.03. The van der Waals surface area contributed by atoms with E-state index < -0.39 is 0 Å². The molecule has 0 aliphatic carbocycles. The summed E-state index contributed by atoms with van der Waals surface area (Å²) in [5.41, 5.74) is 0. The van der Waals surface area contributed by atoms with Gasteiger partial charge in [0.15, 0.2) is 0 Å². The normalized spacial score (nSPS) is 15.9. The number of rotatable bonds is 29. The summed E-state index contributed by atoms with van der Waals surface area (Å²) in [4.78, 5) is 7.73. The van der Waals surface area contributed by atoms with Crippen LogP contribution < -0.4 is 10.6 Å². The SMILES string of the molecule is CCCCCCCCCCNCCN1CCN(CCN(CCNC)CC(O)CCCCCCCCCC)CC1. The molecule has 0 aromatic rings. The van der Waals surface area contributed by atoms with E-state index in [-0.39, 0.29) is 6.10 Å². The minimum absolute atomic E-state index is 0.183. The monoisotopic (exact) mass is 554 g/mol. The van der Waals surface area contributed by atoms with E-state index in [1.807, 2.05) is 7.05 Å². The van der Waals surface area contributed by atoms with Gasteiger partial charge in [0.1, 0.15) is 0 Å². The topological polar surface area (TPSA) is 54.0 Å². The number of piperazine rings is 1. The van der Waals surface area contributed by atoms with E-state index >= 15 is 0 Å². The van der Waals surface area contributed by atoms with Crippen LogP contribution in [0, 0.1) is 0 Å². The highest BCUT2D eigenvalue weighted by Gasteiger charge is 2.18. The van der Waals surface area contributed by atoms with Gasteiger partial charge >= 0.3 is 0 Å². The first-order valence-electron chi connectivity index (χ1n) is 17.4. The van der Waals surface area contributed by atoms with Crippen LogP contribution in [0.2, 0.25) is 0 Å². The lowest BCUT2D eigenvalue weighted by Gasteiger charge is -2.36. The molecule has 39 heavy (non-hydrogen) atoms. The first-order chi connectivity index (χ1) is 19.2. The van der Waals surface area contributed by atoms with Crippen LogP contribution in [0.25, 0.3) is 0 Å². The zero-order chi connectivity index (χ0) is 28.2. The molecule has 1 heterocycles. The predicted octanol–water partition coefficient (Wildman–Crippen LogP) is 5.75. The van der Waals surface area contributed by atoms with Gasteiger partial charge in [-0.3, -0.25) is 14.7 Å². The third-order valence-electron chi connectivity index (χ3n) is 8.55. The van der Waals surface area contributed by atoms with Gasteiger partial charge < -0.3 is 15.7 Å². The van der Waals surface area contributed by atoms with Crippen molar-refractivity contribution in [2.24, 2.45) is 0 Å². The first kappa shape index (κ1) is 36.8. The quantitative estimate of drug-likeness (QED) is 0.103. The molecule has 0 bridgehead atoms. The van der Waals surface area contributed by atoms with Gasteiger partial charge in [0.2, 0.25) is 0 Å². The third-order valence-corrected chi connectivity index (χ3v) is 8.55. The number of likely N-dealkylation sites (N-methyl/N-ethyl adjacent to an activating group) is 1. The van der Waals surface area contributed by atoms with Crippen LogP contribution in [0.15, 0.2) is 0 Å². The van der Waals surface area contributed by atoms with E-state index in [4.69, 9.17) is 0 Å². The molecule has 3 N–H and O–H groups in total. The molecule has 1 saturated heterocycles. The van der Waals surface area contributed by atoms with Crippen LogP contribution in [-0.4, -0.2) is 111 Å². The molecule has 0 aromatic heterocycles. The van der Waals surface area contributed by atoms with E-state index in [9.17, 15) is 5.11 Å². The van der Waals surface area contributed by atoms with Crippen molar-refractivity contribution in [2.45, 2.75) is 129 Å². The second-order valence-corrected chi connectivity index (χ2v) is 12.2. The molecule has 6 heteroatoms. The summed E-state index contributed by atoms with van der Waals surface area (Å²) in [6, 6.07) is 0. The molecular weight excluding hydrogens is 482 g/mol. The number of nitrogens with one attached hydrogen (secondary N) is 2. The minimum Gasteiger partial charge on any atom is -0.392 e. The molecule has 0 saturated carbocycles. The molecule has 1 aliphatic heterocycles. The van der Waals surface area contributed by atoms with Crippen molar-refractivity contribution in [2.75, 3.05) is 85.6 Å². The summed E-state index contributed by atoms with van der Waals surface area (Å²) in [5, 5.41) is 17.6. The second kappa shape index (κ2) is 27.9. The maximum atomic E-state index is 10.7. The van der Waals surface area contributed by atoms with E-state index in [1.54, 1.807) is 0 Å². The van der Waals surface area contributed by atoms with Gasteiger partial charge in [-0.05, 0) is 26.4 Å². The minimum atomic E-state index is -0.183. The summed E-state index contributed by atoms with van der Waals surface area (Å²) in [6.45, 7) is 17.8. The Balaban J connectivity index is 2.06. The van der Waals surface area contributed by atoms with Gasteiger partial charge in [0.05, 0.1) is 6.10 Å². The number of aliphatic hydroxyl groups is 1. The molecule has 1 aliphatic rings. The fourth-order valence-electron chi connectivity index (χ4n) is 5.73. The molecule has 0 radical (unpaired) electrons. The fourth-order valence-corrected chi connectivity index (χ4v) is 5.73. The van der Waals surface area contributed by atoms with Crippen LogP contribution in [0.4, 0.5) is 0 Å². The van der Waals surface area contributed by atoms with Gasteiger partial charge in [-0.15, -0.1) is 0 Å². The molecule has 234 valence electrons. The van der Waals surface area contributed by atoms with Crippen LogP contribution >= 0.6 is 0 Å². The highest BCUT2D eigenvalue weighted by atomic mass is 16.3. The van der Waals surface area contributed by atoms with Crippen LogP contribution in [0.5, 0.6) is 0 Å². The second-order valence-electron chi connectivity index (χ2n) is 12.2. The molecule has 1 atom stereocenters. The fraction of sp³-hybridized carbons (Fsp3) is 1.00. The smallest absolute Gasteiger partial charge is 0.0667 e. The van der Waals surface area contributed by atoms with Crippen LogP contribution in [0.1, 0.15) is 123 Å². The molecule has 1 fully saturated rings. The maximum Gasteiger partial charge on any atom is 0.0667 e. The van der Waals surface area contributed by atoms with Gasteiger partial charge in [-0.1, -0.05) is 110 Å². The third kappa shape index (κ3) is 23.1. The Hall–Kier alpha value is -0.240. The van der Waals surface area contributed by atoms with E-state index in [2.05, 4.69) is 39.2 Å². The first-order valence-corrected chi connectivity index (χ1v) is 17.4. The predicted molar refractivity (Wildman–Crippen MR) is 172 cm³/mol. The average Bonchev–Trinajstić information content (AvgIpc) is 2.95. The maximum absolute atomic E-state index is 10.7. The van der Waals surface area contributed by atoms with Gasteiger partial charge in [-0.2, -0.15) is 0 Å². The number of unbranched alkanes of at least 4 members (excludes halogenated alkanes) is 14. The Morgan fingerprint density at radius 3 is 1.69 bits per heavy atom. The molecule has 1 unspecified atom stereocenters. The van der Waals surface area contributed by atoms with E-state index in [1.165, 1.54) is 142 Å². The largest absolute Gasteiger partial charge is 0.392 e. The van der Waals surface area contributed by atoms with Crippen molar-refractivity contribution in [3.05, 3.63) is 0 Å². The van der Waals surface area contributed by atoms with Crippen molar-refractivity contribution in [3.63, 3.8) is 0 Å². The Labute approximate surface area is 245 Å². The van der Waals surface area contributed by atoms with Crippen molar-refractivity contribution in [3.8, 4) is 0 Å². The average molecular weight is 554 g/mol. The highest BCUT2D eigenvalue weighted by molar-refractivity contribution is 4.75. The van der Waals surface area contributed by atoms with Crippen LogP contribution in [-0.2, 0) is 0 Å². The molecule has 0 amide bonds. The highest BCUT2D eigenvalue weighted by Crippen LogP contribution is 2.12. The summed E-state index contributed by atoms with van der Waals surface area (Å²) in [5.74, 6) is 0. The van der Waals surface area contributed by atoms with Gasteiger partial charge in [0, 0.05) is 72.0 Å². The van der Waals surface area contributed by atoms with Crippen molar-refractivity contribution >= 4 is 0 Å². The van der Waals surface area contributed by atoms with Gasteiger partial charge in [-0.25, -0.2) is 0 Å². The Bertz CT molecular complexity index is 487. The van der Waals surface area contributed by atoms with Crippen molar-refractivity contribution in [1.29, 1.82) is 0 Å². The van der Waals surface area contributed by atoms with Crippen LogP contribution in [0.3, 0.4) is 0 Å². The lowest BCUT2D eigenvalue weighted by Crippen LogP contribution is -2.50. The number of hydrogen-bond donors (Lipinski definition) is 3. The lowest BCUT2D eigenvalue weighted by molar-refractivity contribution is 0.0842. The number of hydrogen-bond acceptors (Lipinski definition) is 6. The summed E-state index contributed by atoms with van der Waals surface area (Å²) < 4.78 is 0. The standard InChI is InChI=1S/C33H71N5O/c1-4-6-8-10-12-14-16-18-20-33(39)32-38(24-22-34-3)31-30-37-28-26-36(27-29-37)25-23-35-21-19-17-15-13-11-9-7-5-2/h33-35,39H,4-32H2,1-3H3.